The molecule has 0 atom stereocenters. The van der Waals surface area contributed by atoms with Crippen LogP contribution in [0.15, 0.2) is 60.7 Å². The summed E-state index contributed by atoms with van der Waals surface area (Å²) in [6.07, 6.45) is 0. The summed E-state index contributed by atoms with van der Waals surface area (Å²) in [5, 5.41) is 2.28. The number of para-hydroxylation sites is 1. The molecule has 0 aliphatic carbocycles. The van der Waals surface area contributed by atoms with Gasteiger partial charge in [0.2, 0.25) is 0 Å². The average Bonchev–Trinajstić information content (AvgIpc) is 2.53. The molecule has 3 aromatic carbocycles. The van der Waals surface area contributed by atoms with E-state index in [4.69, 9.17) is 10.5 Å². The zero-order chi connectivity index (χ0) is 14.7. The number of ether oxygens (including phenoxy) is 1. The third-order valence-corrected chi connectivity index (χ3v) is 3.35. The smallest absolute Gasteiger partial charge is 0.119 e. The summed E-state index contributed by atoms with van der Waals surface area (Å²) in [6, 6.07) is 19.8. The Morgan fingerprint density at radius 1 is 0.857 bits per heavy atom. The number of rotatable bonds is 1. The van der Waals surface area contributed by atoms with Crippen LogP contribution in [0.4, 0.5) is 5.69 Å². The first kappa shape index (κ1) is 13.1. The minimum Gasteiger partial charge on any atom is -0.497 e. The van der Waals surface area contributed by atoms with Crippen LogP contribution in [0.1, 0.15) is 11.1 Å². The largest absolute Gasteiger partial charge is 0.497 e. The van der Waals surface area contributed by atoms with Gasteiger partial charge in [-0.25, -0.2) is 0 Å². The fraction of sp³-hybridized carbons (Fsp3) is 0.0526. The lowest BCUT2D eigenvalue weighted by Crippen LogP contribution is -1.88. The molecule has 0 radical (unpaired) electrons. The molecule has 0 saturated heterocycles. The third kappa shape index (κ3) is 2.82. The fourth-order valence-electron chi connectivity index (χ4n) is 2.18. The van der Waals surface area contributed by atoms with Crippen LogP contribution >= 0.6 is 0 Å². The Bertz CT molecular complexity index is 856. The van der Waals surface area contributed by atoms with Gasteiger partial charge in [0.1, 0.15) is 5.75 Å². The van der Waals surface area contributed by atoms with Crippen LogP contribution in [0.5, 0.6) is 5.75 Å². The Morgan fingerprint density at radius 2 is 1.62 bits per heavy atom. The number of anilines is 1. The van der Waals surface area contributed by atoms with Crippen molar-refractivity contribution in [1.29, 1.82) is 0 Å². The van der Waals surface area contributed by atoms with Gasteiger partial charge in [-0.2, -0.15) is 0 Å². The highest BCUT2D eigenvalue weighted by Gasteiger charge is 1.98. The van der Waals surface area contributed by atoms with Crippen molar-refractivity contribution < 1.29 is 4.74 Å². The van der Waals surface area contributed by atoms with Crippen LogP contribution in [0.2, 0.25) is 0 Å². The molecule has 0 fully saturated rings. The Balaban J connectivity index is 1.97. The van der Waals surface area contributed by atoms with Crippen molar-refractivity contribution in [2.75, 3.05) is 12.8 Å². The number of hydrogen-bond donors (Lipinski definition) is 1. The summed E-state index contributed by atoms with van der Waals surface area (Å²) >= 11 is 0. The van der Waals surface area contributed by atoms with E-state index in [9.17, 15) is 0 Å². The summed E-state index contributed by atoms with van der Waals surface area (Å²) in [5.74, 6) is 7.14. The van der Waals surface area contributed by atoms with E-state index in [1.807, 2.05) is 48.5 Å². The molecule has 0 spiro atoms. The first-order chi connectivity index (χ1) is 10.3. The number of nitrogens with two attached hydrogens (primary N) is 1. The predicted molar refractivity (Wildman–Crippen MR) is 87.3 cm³/mol. The molecule has 3 rings (SSSR count). The molecule has 3 aromatic rings. The van der Waals surface area contributed by atoms with Crippen molar-refractivity contribution >= 4 is 16.5 Å². The molecular weight excluding hydrogens is 258 g/mol. The van der Waals surface area contributed by atoms with Gasteiger partial charge in [0.05, 0.1) is 7.11 Å². The molecule has 2 N–H and O–H groups in total. The average molecular weight is 273 g/mol. The van der Waals surface area contributed by atoms with Gasteiger partial charge >= 0.3 is 0 Å². The minimum absolute atomic E-state index is 0.704. The van der Waals surface area contributed by atoms with Crippen molar-refractivity contribution in [3.05, 3.63) is 71.8 Å². The fourth-order valence-corrected chi connectivity index (χ4v) is 2.18. The summed E-state index contributed by atoms with van der Waals surface area (Å²) in [7, 11) is 1.67. The summed E-state index contributed by atoms with van der Waals surface area (Å²) < 4.78 is 5.23. The lowest BCUT2D eigenvalue weighted by molar-refractivity contribution is 0.415. The van der Waals surface area contributed by atoms with Crippen molar-refractivity contribution in [2.24, 2.45) is 0 Å². The zero-order valence-electron chi connectivity index (χ0n) is 11.8. The molecule has 0 bridgehead atoms. The van der Waals surface area contributed by atoms with E-state index in [1.165, 1.54) is 0 Å². The number of nitrogen functional groups attached to an aromatic ring is 1. The van der Waals surface area contributed by atoms with Gasteiger partial charge in [0, 0.05) is 16.8 Å². The maximum Gasteiger partial charge on any atom is 0.119 e. The van der Waals surface area contributed by atoms with E-state index in [-0.39, 0.29) is 0 Å². The quantitative estimate of drug-likeness (QED) is 0.540. The van der Waals surface area contributed by atoms with E-state index >= 15 is 0 Å². The monoisotopic (exact) mass is 273 g/mol. The minimum atomic E-state index is 0.704. The van der Waals surface area contributed by atoms with Gasteiger partial charge in [-0.1, -0.05) is 36.1 Å². The summed E-state index contributed by atoms with van der Waals surface area (Å²) in [6.45, 7) is 0. The maximum absolute atomic E-state index is 5.89. The molecule has 0 saturated carbocycles. The number of hydrogen-bond acceptors (Lipinski definition) is 2. The Morgan fingerprint density at radius 3 is 2.43 bits per heavy atom. The standard InChI is InChI=1S/C19H15NO/c1-21-18-11-10-16-12-14(7-9-17(16)13-18)6-8-15-4-2-3-5-19(15)20/h2-5,7,9-13H,20H2,1H3. The number of methoxy groups -OCH3 is 1. The molecule has 0 unspecified atom stereocenters. The SMILES string of the molecule is COc1ccc2cc(C#Cc3ccccc3N)ccc2c1. The van der Waals surface area contributed by atoms with E-state index in [0.717, 1.165) is 27.6 Å². The van der Waals surface area contributed by atoms with Crippen molar-refractivity contribution in [3.8, 4) is 17.6 Å². The Hall–Kier alpha value is -2.92. The van der Waals surface area contributed by atoms with Gasteiger partial charge in [-0.3, -0.25) is 0 Å². The highest BCUT2D eigenvalue weighted by Crippen LogP contribution is 2.21. The van der Waals surface area contributed by atoms with Crippen molar-refractivity contribution in [2.45, 2.75) is 0 Å². The van der Waals surface area contributed by atoms with Gasteiger partial charge in [0.15, 0.2) is 0 Å². The molecular formula is C19H15NO. The van der Waals surface area contributed by atoms with E-state index in [1.54, 1.807) is 7.11 Å². The highest BCUT2D eigenvalue weighted by atomic mass is 16.5. The highest BCUT2D eigenvalue weighted by molar-refractivity contribution is 5.85. The van der Waals surface area contributed by atoms with Crippen molar-refractivity contribution in [3.63, 3.8) is 0 Å². The number of benzene rings is 3. The molecule has 0 aliphatic rings. The Kier molecular flexibility index (Phi) is 3.49. The zero-order valence-corrected chi connectivity index (χ0v) is 11.8. The van der Waals surface area contributed by atoms with Crippen LogP contribution in [-0.2, 0) is 0 Å². The van der Waals surface area contributed by atoms with Gasteiger partial charge in [-0.15, -0.1) is 0 Å². The lowest BCUT2D eigenvalue weighted by Gasteiger charge is -2.02. The molecule has 102 valence electrons. The van der Waals surface area contributed by atoms with E-state index in [0.29, 0.717) is 5.69 Å². The van der Waals surface area contributed by atoms with Crippen LogP contribution in [-0.4, -0.2) is 7.11 Å². The molecule has 0 aliphatic heterocycles. The first-order valence-corrected chi connectivity index (χ1v) is 6.70. The molecule has 21 heavy (non-hydrogen) atoms. The molecule has 0 amide bonds. The summed E-state index contributed by atoms with van der Waals surface area (Å²) in [5.41, 5.74) is 8.42. The molecule has 2 nitrogen and oxygen atoms in total. The van der Waals surface area contributed by atoms with Crippen LogP contribution in [0.3, 0.4) is 0 Å². The van der Waals surface area contributed by atoms with Crippen molar-refractivity contribution in [1.82, 2.24) is 0 Å². The van der Waals surface area contributed by atoms with Gasteiger partial charge < -0.3 is 10.5 Å². The lowest BCUT2D eigenvalue weighted by atomic mass is 10.1. The predicted octanol–water partition coefficient (Wildman–Crippen LogP) is 3.83. The summed E-state index contributed by atoms with van der Waals surface area (Å²) in [4.78, 5) is 0. The Labute approximate surface area is 124 Å². The van der Waals surface area contributed by atoms with Crippen LogP contribution in [0.25, 0.3) is 10.8 Å². The first-order valence-electron chi connectivity index (χ1n) is 6.70. The molecule has 0 aromatic heterocycles. The molecule has 0 heterocycles. The van der Waals surface area contributed by atoms with E-state index < -0.39 is 0 Å². The second-order valence-corrected chi connectivity index (χ2v) is 4.77. The topological polar surface area (TPSA) is 35.2 Å². The van der Waals surface area contributed by atoms with Crippen LogP contribution < -0.4 is 10.5 Å². The second-order valence-electron chi connectivity index (χ2n) is 4.77. The normalized spacial score (nSPS) is 9.95. The van der Waals surface area contributed by atoms with Gasteiger partial charge in [0.25, 0.3) is 0 Å². The van der Waals surface area contributed by atoms with E-state index in [2.05, 4.69) is 24.0 Å². The van der Waals surface area contributed by atoms with Crippen LogP contribution in [0, 0.1) is 11.8 Å². The maximum atomic E-state index is 5.89. The molecule has 2 heteroatoms. The number of fused-ring (bicyclic) bond motifs is 1. The van der Waals surface area contributed by atoms with Gasteiger partial charge in [-0.05, 0) is 47.2 Å². The third-order valence-electron chi connectivity index (χ3n) is 3.35. The second kappa shape index (κ2) is 5.60.